The largest absolute Gasteiger partial charge is 0.495 e. The van der Waals surface area contributed by atoms with Crippen molar-refractivity contribution >= 4 is 40.4 Å². The van der Waals surface area contributed by atoms with E-state index in [1.807, 2.05) is 13.0 Å². The van der Waals surface area contributed by atoms with Crippen LogP contribution in [-0.4, -0.2) is 34.1 Å². The Balaban J connectivity index is 2.04. The van der Waals surface area contributed by atoms with E-state index in [2.05, 4.69) is 25.6 Å². The summed E-state index contributed by atoms with van der Waals surface area (Å²) in [6, 6.07) is 6.68. The van der Waals surface area contributed by atoms with E-state index >= 15 is 0 Å². The molecule has 0 spiro atoms. The second-order valence-electron chi connectivity index (χ2n) is 5.78. The maximum Gasteiger partial charge on any atom is 0.353 e. The zero-order valence-electron chi connectivity index (χ0n) is 15.8. The molecule has 2 heterocycles. The van der Waals surface area contributed by atoms with E-state index in [1.165, 1.54) is 26.6 Å². The number of hydrogen-bond acceptors (Lipinski definition) is 9. The first-order valence-corrected chi connectivity index (χ1v) is 8.69. The molecule has 0 fully saturated rings. The Morgan fingerprint density at radius 1 is 1.03 bits per heavy atom. The summed E-state index contributed by atoms with van der Waals surface area (Å²) in [4.78, 5) is 23.4. The van der Waals surface area contributed by atoms with E-state index in [0.29, 0.717) is 28.0 Å². The van der Waals surface area contributed by atoms with Crippen LogP contribution in [0.1, 0.15) is 5.56 Å². The average molecular weight is 417 g/mol. The van der Waals surface area contributed by atoms with Crippen LogP contribution in [0, 0.1) is 17.0 Å². The van der Waals surface area contributed by atoms with Gasteiger partial charge in [-0.3, -0.25) is 10.1 Å². The van der Waals surface area contributed by atoms with Crippen molar-refractivity contribution in [2.24, 2.45) is 0 Å². The summed E-state index contributed by atoms with van der Waals surface area (Å²) in [5.41, 5.74) is 0.824. The highest BCUT2D eigenvalue weighted by molar-refractivity contribution is 6.32. The fourth-order valence-corrected chi connectivity index (χ4v) is 2.79. The van der Waals surface area contributed by atoms with Crippen LogP contribution >= 0.6 is 11.6 Å². The second-order valence-corrected chi connectivity index (χ2v) is 6.19. The normalized spacial score (nSPS) is 10.3. The molecule has 0 saturated heterocycles. The number of nitrogens with one attached hydrogen (secondary N) is 2. The van der Waals surface area contributed by atoms with Gasteiger partial charge in [-0.05, 0) is 24.6 Å². The monoisotopic (exact) mass is 416 g/mol. The number of halogens is 1. The molecule has 3 aromatic rings. The van der Waals surface area contributed by atoms with Crippen LogP contribution in [0.15, 0.2) is 36.8 Å². The Kier molecular flexibility index (Phi) is 5.93. The SMILES string of the molecule is COc1cc(OC)c(Nc2ncnc(Nc3ncccc3C)c2[N+](=O)[O-])cc1Cl. The maximum absolute atomic E-state index is 11.8. The lowest BCUT2D eigenvalue weighted by Crippen LogP contribution is -2.07. The molecular formula is C18H17ClN6O4. The highest BCUT2D eigenvalue weighted by Crippen LogP contribution is 2.39. The molecule has 11 heteroatoms. The molecule has 0 amide bonds. The first-order chi connectivity index (χ1) is 13.9. The number of nitro groups is 1. The van der Waals surface area contributed by atoms with Crippen molar-refractivity contribution in [3.05, 3.63) is 57.5 Å². The van der Waals surface area contributed by atoms with Crippen LogP contribution < -0.4 is 20.1 Å². The average Bonchev–Trinajstić information content (AvgIpc) is 2.70. The highest BCUT2D eigenvalue weighted by Gasteiger charge is 2.25. The third-order valence-electron chi connectivity index (χ3n) is 3.98. The third kappa shape index (κ3) is 4.27. The number of aryl methyl sites for hydroxylation is 1. The number of benzene rings is 1. The van der Waals surface area contributed by atoms with E-state index in [1.54, 1.807) is 18.3 Å². The van der Waals surface area contributed by atoms with Gasteiger partial charge in [-0.25, -0.2) is 15.0 Å². The minimum absolute atomic E-state index is 0.00660. The number of rotatable bonds is 7. The fourth-order valence-electron chi connectivity index (χ4n) is 2.55. The predicted octanol–water partition coefficient (Wildman–Crippen LogP) is 4.25. The molecule has 2 aromatic heterocycles. The Morgan fingerprint density at radius 3 is 2.34 bits per heavy atom. The van der Waals surface area contributed by atoms with Gasteiger partial charge in [-0.1, -0.05) is 17.7 Å². The van der Waals surface area contributed by atoms with E-state index in [-0.39, 0.29) is 17.3 Å². The molecule has 0 bridgehead atoms. The van der Waals surface area contributed by atoms with Crippen molar-refractivity contribution in [1.29, 1.82) is 0 Å². The maximum atomic E-state index is 11.8. The number of pyridine rings is 1. The molecule has 1 aromatic carbocycles. The highest BCUT2D eigenvalue weighted by atomic mass is 35.5. The number of nitrogens with zero attached hydrogens (tertiary/aromatic N) is 4. The number of aromatic nitrogens is 3. The van der Waals surface area contributed by atoms with Crippen molar-refractivity contribution in [3.63, 3.8) is 0 Å². The summed E-state index contributed by atoms with van der Waals surface area (Å²) in [5.74, 6) is 1.17. The van der Waals surface area contributed by atoms with Gasteiger partial charge in [-0.2, -0.15) is 0 Å². The van der Waals surface area contributed by atoms with Gasteiger partial charge in [0.1, 0.15) is 23.6 Å². The van der Waals surface area contributed by atoms with Gasteiger partial charge in [0.2, 0.25) is 11.6 Å². The number of methoxy groups -OCH3 is 2. The molecule has 2 N–H and O–H groups in total. The van der Waals surface area contributed by atoms with Crippen molar-refractivity contribution in [1.82, 2.24) is 15.0 Å². The molecule has 10 nitrogen and oxygen atoms in total. The lowest BCUT2D eigenvalue weighted by Gasteiger charge is -2.14. The molecule has 150 valence electrons. The Bertz CT molecular complexity index is 1060. The fraction of sp³-hybridized carbons (Fsp3) is 0.167. The summed E-state index contributed by atoms with van der Waals surface area (Å²) in [7, 11) is 2.93. The molecule has 0 aliphatic heterocycles. The smallest absolute Gasteiger partial charge is 0.353 e. The van der Waals surface area contributed by atoms with Gasteiger partial charge in [0.25, 0.3) is 0 Å². The van der Waals surface area contributed by atoms with Crippen LogP contribution in [-0.2, 0) is 0 Å². The van der Waals surface area contributed by atoms with E-state index in [9.17, 15) is 10.1 Å². The Morgan fingerprint density at radius 2 is 1.72 bits per heavy atom. The van der Waals surface area contributed by atoms with E-state index in [4.69, 9.17) is 21.1 Å². The van der Waals surface area contributed by atoms with Gasteiger partial charge < -0.3 is 20.1 Å². The molecule has 0 saturated carbocycles. The van der Waals surface area contributed by atoms with Crippen molar-refractivity contribution < 1.29 is 14.4 Å². The van der Waals surface area contributed by atoms with Gasteiger partial charge in [-0.15, -0.1) is 0 Å². The Labute approximate surface area is 171 Å². The van der Waals surface area contributed by atoms with Crippen molar-refractivity contribution in [2.75, 3.05) is 24.9 Å². The lowest BCUT2D eigenvalue weighted by atomic mass is 10.2. The molecule has 29 heavy (non-hydrogen) atoms. The molecular weight excluding hydrogens is 400 g/mol. The van der Waals surface area contributed by atoms with Crippen molar-refractivity contribution in [2.45, 2.75) is 6.92 Å². The quantitative estimate of drug-likeness (QED) is 0.429. The zero-order valence-corrected chi connectivity index (χ0v) is 16.5. The molecule has 3 rings (SSSR count). The Hall–Kier alpha value is -3.66. The van der Waals surface area contributed by atoms with Crippen LogP contribution in [0.25, 0.3) is 0 Å². The van der Waals surface area contributed by atoms with Gasteiger partial charge in [0.15, 0.2) is 0 Å². The zero-order chi connectivity index (χ0) is 21.0. The summed E-state index contributed by atoms with van der Waals surface area (Å²) in [6.45, 7) is 1.83. The summed E-state index contributed by atoms with van der Waals surface area (Å²) >= 11 is 6.18. The van der Waals surface area contributed by atoms with E-state index in [0.717, 1.165) is 5.56 Å². The van der Waals surface area contributed by atoms with Crippen LogP contribution in [0.5, 0.6) is 11.5 Å². The summed E-state index contributed by atoms with van der Waals surface area (Å²) in [5, 5.41) is 17.9. The van der Waals surface area contributed by atoms with Crippen LogP contribution in [0.3, 0.4) is 0 Å². The molecule has 0 aliphatic rings. The van der Waals surface area contributed by atoms with Crippen LogP contribution in [0.2, 0.25) is 5.02 Å². The first kappa shape index (κ1) is 20.1. The molecule has 0 atom stereocenters. The van der Waals surface area contributed by atoms with Gasteiger partial charge in [0, 0.05) is 12.3 Å². The minimum Gasteiger partial charge on any atom is -0.495 e. The van der Waals surface area contributed by atoms with Crippen molar-refractivity contribution in [3.8, 4) is 11.5 Å². The summed E-state index contributed by atoms with van der Waals surface area (Å²) < 4.78 is 10.5. The van der Waals surface area contributed by atoms with Gasteiger partial charge in [0.05, 0.1) is 29.9 Å². The second kappa shape index (κ2) is 8.57. The molecule has 0 aliphatic carbocycles. The standard InChI is InChI=1S/C18H17ClN6O4/c1-10-5-4-6-20-16(10)24-18-15(25(26)27)17(21-9-22-18)23-12-7-11(19)13(28-2)8-14(12)29-3/h4-9H,1-3H3,(H2,20,21,22,23,24). The molecule has 0 radical (unpaired) electrons. The molecule has 0 unspecified atom stereocenters. The summed E-state index contributed by atoms with van der Waals surface area (Å²) in [6.07, 6.45) is 2.78. The van der Waals surface area contributed by atoms with Gasteiger partial charge >= 0.3 is 5.69 Å². The number of anilines is 4. The minimum atomic E-state index is -0.583. The third-order valence-corrected chi connectivity index (χ3v) is 4.27. The first-order valence-electron chi connectivity index (χ1n) is 8.31. The number of ether oxygens (including phenoxy) is 2. The van der Waals surface area contributed by atoms with E-state index < -0.39 is 4.92 Å². The topological polar surface area (TPSA) is 124 Å². The predicted molar refractivity (Wildman–Crippen MR) is 109 cm³/mol. The lowest BCUT2D eigenvalue weighted by molar-refractivity contribution is -0.383. The van der Waals surface area contributed by atoms with Crippen LogP contribution in [0.4, 0.5) is 28.8 Å². The number of hydrogen-bond donors (Lipinski definition) is 2.